The molecule has 0 radical (unpaired) electrons. The second-order valence-corrected chi connectivity index (χ2v) is 6.58. The first-order chi connectivity index (χ1) is 12.8. The Balaban J connectivity index is 2.11. The van der Waals surface area contributed by atoms with E-state index in [4.69, 9.17) is 14.2 Å². The number of aryl methyl sites for hydroxylation is 2. The Morgan fingerprint density at radius 2 is 1.85 bits per heavy atom. The van der Waals surface area contributed by atoms with Crippen molar-refractivity contribution in [3.63, 3.8) is 0 Å². The van der Waals surface area contributed by atoms with Crippen LogP contribution in [0.1, 0.15) is 16.7 Å². The van der Waals surface area contributed by atoms with Gasteiger partial charge in [0.05, 0.1) is 16.5 Å². The summed E-state index contributed by atoms with van der Waals surface area (Å²) in [5.74, 6) is 0.398. The standard InChI is InChI=1S/C19H18BrNO6/c1-12-6-13(2)8-15(7-12)26-11-18(22)27-19-16(20)9-14(4-5-21(23)24)10-17(19)25-3/h4-10H,11H2,1-3H3/b5-4+. The number of carbonyl (C=O) groups excluding carboxylic acids is 1. The SMILES string of the molecule is COc1cc(/C=C/[N+](=O)[O-])cc(Br)c1OC(=O)COc1cc(C)cc(C)c1. The van der Waals surface area contributed by atoms with Gasteiger partial charge in [-0.15, -0.1) is 0 Å². The zero-order valence-corrected chi connectivity index (χ0v) is 16.6. The molecule has 0 saturated carbocycles. The number of nitrogens with zero attached hydrogens (tertiary/aromatic N) is 1. The maximum absolute atomic E-state index is 12.1. The lowest BCUT2D eigenvalue weighted by Gasteiger charge is -2.13. The third-order valence-corrected chi connectivity index (χ3v) is 4.00. The molecule has 0 atom stereocenters. The number of esters is 1. The first kappa shape index (κ1) is 20.4. The van der Waals surface area contributed by atoms with Crippen molar-refractivity contribution in [2.24, 2.45) is 0 Å². The molecule has 2 aromatic rings. The van der Waals surface area contributed by atoms with Crippen molar-refractivity contribution in [2.45, 2.75) is 13.8 Å². The van der Waals surface area contributed by atoms with E-state index in [1.165, 1.54) is 19.3 Å². The number of nitro groups is 1. The molecule has 0 aliphatic heterocycles. The predicted octanol–water partition coefficient (Wildman–Crippen LogP) is 4.31. The lowest BCUT2D eigenvalue weighted by atomic mass is 10.1. The summed E-state index contributed by atoms with van der Waals surface area (Å²) in [6.07, 6.45) is 2.12. The fraction of sp³-hybridized carbons (Fsp3) is 0.211. The van der Waals surface area contributed by atoms with E-state index >= 15 is 0 Å². The number of benzene rings is 2. The van der Waals surface area contributed by atoms with Gasteiger partial charge in [-0.2, -0.15) is 0 Å². The van der Waals surface area contributed by atoms with Crippen LogP contribution in [0.4, 0.5) is 0 Å². The lowest BCUT2D eigenvalue weighted by molar-refractivity contribution is -0.400. The van der Waals surface area contributed by atoms with Crippen molar-refractivity contribution in [3.05, 3.63) is 67.8 Å². The van der Waals surface area contributed by atoms with Gasteiger partial charge >= 0.3 is 5.97 Å². The van der Waals surface area contributed by atoms with Crippen LogP contribution in [0.25, 0.3) is 6.08 Å². The highest BCUT2D eigenvalue weighted by Crippen LogP contribution is 2.37. The summed E-state index contributed by atoms with van der Waals surface area (Å²) in [5, 5.41) is 10.4. The number of hydrogen-bond acceptors (Lipinski definition) is 6. The van der Waals surface area contributed by atoms with Crippen LogP contribution in [-0.4, -0.2) is 24.6 Å². The fourth-order valence-corrected chi connectivity index (χ4v) is 2.92. The molecular weight excluding hydrogens is 418 g/mol. The Morgan fingerprint density at radius 1 is 1.19 bits per heavy atom. The van der Waals surface area contributed by atoms with E-state index in [1.54, 1.807) is 6.07 Å². The van der Waals surface area contributed by atoms with Crippen LogP contribution >= 0.6 is 15.9 Å². The van der Waals surface area contributed by atoms with E-state index in [9.17, 15) is 14.9 Å². The van der Waals surface area contributed by atoms with Gasteiger partial charge < -0.3 is 14.2 Å². The van der Waals surface area contributed by atoms with E-state index in [2.05, 4.69) is 15.9 Å². The van der Waals surface area contributed by atoms with Crippen molar-refractivity contribution in [2.75, 3.05) is 13.7 Å². The molecule has 27 heavy (non-hydrogen) atoms. The summed E-state index contributed by atoms with van der Waals surface area (Å²) in [5.41, 5.74) is 2.57. The fourth-order valence-electron chi connectivity index (χ4n) is 2.38. The summed E-state index contributed by atoms with van der Waals surface area (Å²) in [6.45, 7) is 3.60. The van der Waals surface area contributed by atoms with Crippen LogP contribution in [0.5, 0.6) is 17.2 Å². The predicted molar refractivity (Wildman–Crippen MR) is 104 cm³/mol. The second kappa shape index (κ2) is 9.18. The van der Waals surface area contributed by atoms with Crippen LogP contribution < -0.4 is 14.2 Å². The van der Waals surface area contributed by atoms with Crippen LogP contribution in [0.3, 0.4) is 0 Å². The number of methoxy groups -OCH3 is 1. The van der Waals surface area contributed by atoms with Crippen molar-refractivity contribution in [3.8, 4) is 17.2 Å². The van der Waals surface area contributed by atoms with Gasteiger partial charge in [0.25, 0.3) is 0 Å². The van der Waals surface area contributed by atoms with Crippen LogP contribution in [0, 0.1) is 24.0 Å². The van der Waals surface area contributed by atoms with Gasteiger partial charge in [-0.1, -0.05) is 6.07 Å². The molecule has 142 valence electrons. The van der Waals surface area contributed by atoms with Gasteiger partial charge in [0, 0.05) is 6.08 Å². The average Bonchev–Trinajstić information content (AvgIpc) is 2.59. The van der Waals surface area contributed by atoms with Gasteiger partial charge in [-0.25, -0.2) is 4.79 Å². The molecule has 7 nitrogen and oxygen atoms in total. The highest BCUT2D eigenvalue weighted by Gasteiger charge is 2.16. The molecular formula is C19H18BrNO6. The molecule has 0 aliphatic rings. The third kappa shape index (κ3) is 6.10. The molecule has 0 saturated heterocycles. The third-order valence-electron chi connectivity index (χ3n) is 3.41. The minimum absolute atomic E-state index is 0.171. The van der Waals surface area contributed by atoms with Gasteiger partial charge in [-0.05, 0) is 70.7 Å². The van der Waals surface area contributed by atoms with E-state index in [-0.39, 0.29) is 18.1 Å². The quantitative estimate of drug-likeness (QED) is 0.278. The molecule has 8 heteroatoms. The van der Waals surface area contributed by atoms with Gasteiger partial charge in [0.1, 0.15) is 5.75 Å². The van der Waals surface area contributed by atoms with E-state index in [0.717, 1.165) is 17.3 Å². The van der Waals surface area contributed by atoms with Gasteiger partial charge in [0.15, 0.2) is 18.1 Å². The first-order valence-corrected chi connectivity index (χ1v) is 8.69. The maximum atomic E-state index is 12.1. The van der Waals surface area contributed by atoms with E-state index in [0.29, 0.717) is 15.8 Å². The summed E-state index contributed by atoms with van der Waals surface area (Å²) in [7, 11) is 1.41. The zero-order valence-electron chi connectivity index (χ0n) is 15.0. The largest absolute Gasteiger partial charge is 0.493 e. The minimum Gasteiger partial charge on any atom is -0.493 e. The van der Waals surface area contributed by atoms with Crippen LogP contribution in [0.2, 0.25) is 0 Å². The van der Waals surface area contributed by atoms with E-state index < -0.39 is 10.9 Å². The Kier molecular flexibility index (Phi) is 6.95. The van der Waals surface area contributed by atoms with E-state index in [1.807, 2.05) is 32.0 Å². The molecule has 0 bridgehead atoms. The molecule has 0 fully saturated rings. The monoisotopic (exact) mass is 435 g/mol. The summed E-state index contributed by atoms with van der Waals surface area (Å²) in [4.78, 5) is 22.0. The number of carbonyl (C=O) groups is 1. The molecule has 0 heterocycles. The van der Waals surface area contributed by atoms with Gasteiger partial charge in [0.2, 0.25) is 6.20 Å². The zero-order chi connectivity index (χ0) is 20.0. The molecule has 2 rings (SSSR count). The molecule has 0 amide bonds. The number of halogens is 1. The second-order valence-electron chi connectivity index (χ2n) is 5.72. The first-order valence-electron chi connectivity index (χ1n) is 7.89. The Morgan fingerprint density at radius 3 is 2.44 bits per heavy atom. The molecule has 0 aliphatic carbocycles. The number of ether oxygens (including phenoxy) is 3. The van der Waals surface area contributed by atoms with Crippen LogP contribution in [-0.2, 0) is 4.79 Å². The molecule has 0 unspecified atom stereocenters. The molecule has 2 aromatic carbocycles. The van der Waals surface area contributed by atoms with Crippen molar-refractivity contribution in [1.29, 1.82) is 0 Å². The lowest BCUT2D eigenvalue weighted by Crippen LogP contribution is -2.18. The number of rotatable bonds is 7. The van der Waals surface area contributed by atoms with Crippen LogP contribution in [0.15, 0.2) is 41.0 Å². The smallest absolute Gasteiger partial charge is 0.349 e. The Hall–Kier alpha value is -2.87. The van der Waals surface area contributed by atoms with Crippen molar-refractivity contribution in [1.82, 2.24) is 0 Å². The van der Waals surface area contributed by atoms with Gasteiger partial charge in [-0.3, -0.25) is 10.1 Å². The Labute approximate surface area is 164 Å². The minimum atomic E-state index is -0.609. The normalized spacial score (nSPS) is 10.7. The molecule has 0 aromatic heterocycles. The topological polar surface area (TPSA) is 87.9 Å². The maximum Gasteiger partial charge on any atom is 0.349 e. The van der Waals surface area contributed by atoms with Crippen molar-refractivity contribution >= 4 is 28.0 Å². The Bertz CT molecular complexity index is 874. The molecule has 0 N–H and O–H groups in total. The highest BCUT2D eigenvalue weighted by molar-refractivity contribution is 9.10. The van der Waals surface area contributed by atoms with Crippen molar-refractivity contribution < 1.29 is 23.9 Å². The average molecular weight is 436 g/mol. The highest BCUT2D eigenvalue weighted by atomic mass is 79.9. The summed E-state index contributed by atoms with van der Waals surface area (Å²) < 4.78 is 16.5. The number of hydrogen-bond donors (Lipinski definition) is 0. The summed E-state index contributed by atoms with van der Waals surface area (Å²) >= 11 is 3.29. The molecule has 0 spiro atoms. The summed E-state index contributed by atoms with van der Waals surface area (Å²) in [6, 6.07) is 8.76.